The van der Waals surface area contributed by atoms with Gasteiger partial charge in [-0.2, -0.15) is 0 Å². The van der Waals surface area contributed by atoms with Crippen LogP contribution in [0, 0.1) is 10.1 Å². The number of nitrogens with zero attached hydrogens (tertiary/aromatic N) is 1. The fourth-order valence-electron chi connectivity index (χ4n) is 2.39. The number of nitrogens with one attached hydrogen (secondary N) is 1. The topological polar surface area (TPSA) is 93.9 Å². The number of rotatable bonds is 10. The Kier molecular flexibility index (Phi) is 6.99. The second-order valence-electron chi connectivity index (χ2n) is 5.59. The zero-order valence-electron chi connectivity index (χ0n) is 14.6. The molecule has 0 aliphatic rings. The van der Waals surface area contributed by atoms with E-state index in [1.807, 2.05) is 24.3 Å². The molecule has 1 atom stereocenters. The zero-order chi connectivity index (χ0) is 18.9. The number of aliphatic hydroxyl groups is 1. The van der Waals surface area contributed by atoms with Crippen LogP contribution in [0.5, 0.6) is 11.5 Å². The second-order valence-corrected chi connectivity index (χ2v) is 5.59. The Labute approximate surface area is 152 Å². The molecule has 1 unspecified atom stereocenters. The van der Waals surface area contributed by atoms with Crippen molar-refractivity contribution >= 4 is 11.4 Å². The lowest BCUT2D eigenvalue weighted by Crippen LogP contribution is -2.26. The van der Waals surface area contributed by atoms with Gasteiger partial charge in [0.25, 0.3) is 0 Å². The van der Waals surface area contributed by atoms with Gasteiger partial charge in [0, 0.05) is 18.3 Å². The number of methoxy groups -OCH3 is 1. The molecular weight excluding hydrogens is 336 g/mol. The van der Waals surface area contributed by atoms with Gasteiger partial charge >= 0.3 is 5.69 Å². The molecule has 0 bridgehead atoms. The molecule has 2 aromatic rings. The first-order valence-electron chi connectivity index (χ1n) is 8.11. The lowest BCUT2D eigenvalue weighted by atomic mass is 10.1. The molecule has 0 fully saturated rings. The van der Waals surface area contributed by atoms with Gasteiger partial charge in [-0.05, 0) is 30.2 Å². The van der Waals surface area contributed by atoms with Crippen molar-refractivity contribution in [1.29, 1.82) is 0 Å². The summed E-state index contributed by atoms with van der Waals surface area (Å²) in [6.07, 6.45) is 1.68. The van der Waals surface area contributed by atoms with Crippen LogP contribution in [0.3, 0.4) is 0 Å². The Bertz CT molecular complexity index is 763. The largest absolute Gasteiger partial charge is 0.491 e. The third-order valence-electron chi connectivity index (χ3n) is 3.69. The fourth-order valence-corrected chi connectivity index (χ4v) is 2.39. The van der Waals surface area contributed by atoms with Crippen LogP contribution < -0.4 is 14.8 Å². The molecule has 0 aliphatic carbocycles. The van der Waals surface area contributed by atoms with Gasteiger partial charge in [-0.15, -0.1) is 6.58 Å². The normalized spacial score (nSPS) is 11.5. The number of anilines is 1. The molecular formula is C19H22N2O5. The van der Waals surface area contributed by atoms with E-state index in [0.717, 1.165) is 5.56 Å². The number of hydrogen-bond acceptors (Lipinski definition) is 6. The molecule has 0 saturated carbocycles. The van der Waals surface area contributed by atoms with Crippen LogP contribution in [0.1, 0.15) is 5.56 Å². The van der Waals surface area contributed by atoms with Crippen LogP contribution in [0.4, 0.5) is 11.4 Å². The number of aliphatic hydroxyl groups excluding tert-OH is 1. The average molecular weight is 358 g/mol. The molecule has 0 aromatic heterocycles. The minimum absolute atomic E-state index is 0.0966. The molecule has 2 aromatic carbocycles. The maximum absolute atomic E-state index is 11.0. The van der Waals surface area contributed by atoms with Crippen LogP contribution in [0.15, 0.2) is 55.1 Å². The van der Waals surface area contributed by atoms with Crippen LogP contribution in [-0.2, 0) is 6.42 Å². The number of nitro benzene ring substituents is 1. The number of allylic oxidation sites excluding steroid dienone is 1. The van der Waals surface area contributed by atoms with Gasteiger partial charge in [-0.1, -0.05) is 24.3 Å². The summed E-state index contributed by atoms with van der Waals surface area (Å²) in [7, 11) is 1.38. The van der Waals surface area contributed by atoms with Crippen molar-refractivity contribution in [2.45, 2.75) is 12.5 Å². The predicted octanol–water partition coefficient (Wildman–Crippen LogP) is 3.18. The van der Waals surface area contributed by atoms with Crippen molar-refractivity contribution in [3.63, 3.8) is 0 Å². The Balaban J connectivity index is 1.91. The SMILES string of the molecule is C=CCc1ccccc1OCC(O)CNc1ccc(OC)c([N+](=O)[O-])c1. The molecule has 0 saturated heterocycles. The first-order chi connectivity index (χ1) is 12.5. The summed E-state index contributed by atoms with van der Waals surface area (Å²) in [4.78, 5) is 10.5. The summed E-state index contributed by atoms with van der Waals surface area (Å²) < 4.78 is 10.6. The summed E-state index contributed by atoms with van der Waals surface area (Å²) in [5.41, 5.74) is 1.37. The highest BCUT2D eigenvalue weighted by atomic mass is 16.6. The molecule has 0 amide bonds. The van der Waals surface area contributed by atoms with Gasteiger partial charge in [-0.3, -0.25) is 10.1 Å². The highest BCUT2D eigenvalue weighted by Gasteiger charge is 2.15. The number of para-hydroxylation sites is 1. The van der Waals surface area contributed by atoms with Gasteiger partial charge in [0.05, 0.1) is 12.0 Å². The molecule has 0 radical (unpaired) electrons. The molecule has 2 N–H and O–H groups in total. The number of nitro groups is 1. The van der Waals surface area contributed by atoms with E-state index in [9.17, 15) is 15.2 Å². The van der Waals surface area contributed by atoms with Crippen molar-refractivity contribution in [3.8, 4) is 11.5 Å². The van der Waals surface area contributed by atoms with Crippen molar-refractivity contribution < 1.29 is 19.5 Å². The predicted molar refractivity (Wildman–Crippen MR) is 100.0 cm³/mol. The lowest BCUT2D eigenvalue weighted by Gasteiger charge is -2.16. The summed E-state index contributed by atoms with van der Waals surface area (Å²) >= 11 is 0. The summed E-state index contributed by atoms with van der Waals surface area (Å²) in [6.45, 7) is 4.00. The van der Waals surface area contributed by atoms with Crippen molar-refractivity contribution in [3.05, 3.63) is 70.8 Å². The molecule has 7 nitrogen and oxygen atoms in total. The summed E-state index contributed by atoms with van der Waals surface area (Å²) in [6, 6.07) is 12.1. The summed E-state index contributed by atoms with van der Waals surface area (Å²) in [5.74, 6) is 0.884. The van der Waals surface area contributed by atoms with Gasteiger partial charge in [0.1, 0.15) is 18.5 Å². The monoisotopic (exact) mass is 358 g/mol. The minimum Gasteiger partial charge on any atom is -0.491 e. The molecule has 2 rings (SSSR count). The molecule has 26 heavy (non-hydrogen) atoms. The van der Waals surface area contributed by atoms with Gasteiger partial charge in [0.2, 0.25) is 0 Å². The highest BCUT2D eigenvalue weighted by molar-refractivity contribution is 5.58. The Morgan fingerprint density at radius 3 is 2.77 bits per heavy atom. The van der Waals surface area contributed by atoms with Gasteiger partial charge < -0.3 is 19.9 Å². The Hall–Kier alpha value is -3.06. The molecule has 138 valence electrons. The van der Waals surface area contributed by atoms with E-state index in [1.54, 1.807) is 12.1 Å². The molecule has 0 heterocycles. The number of benzene rings is 2. The average Bonchev–Trinajstić information content (AvgIpc) is 2.65. The zero-order valence-corrected chi connectivity index (χ0v) is 14.6. The van der Waals surface area contributed by atoms with E-state index >= 15 is 0 Å². The molecule has 7 heteroatoms. The standard InChI is InChI=1S/C19H22N2O5/c1-3-6-14-7-4-5-8-18(14)26-13-16(22)12-20-15-9-10-19(25-2)17(11-15)21(23)24/h3-5,7-11,16,20,22H,1,6,12-13H2,2H3. The Morgan fingerprint density at radius 1 is 1.31 bits per heavy atom. The molecule has 0 spiro atoms. The first kappa shape index (κ1) is 19.3. The van der Waals surface area contributed by atoms with E-state index in [2.05, 4.69) is 11.9 Å². The highest BCUT2D eigenvalue weighted by Crippen LogP contribution is 2.29. The van der Waals surface area contributed by atoms with E-state index < -0.39 is 11.0 Å². The fraction of sp³-hybridized carbons (Fsp3) is 0.263. The smallest absolute Gasteiger partial charge is 0.312 e. The van der Waals surface area contributed by atoms with Crippen molar-refractivity contribution in [2.75, 3.05) is 25.6 Å². The molecule has 0 aliphatic heterocycles. The third-order valence-corrected chi connectivity index (χ3v) is 3.69. The van der Waals surface area contributed by atoms with Gasteiger partial charge in [0.15, 0.2) is 5.75 Å². The van der Waals surface area contributed by atoms with E-state index in [-0.39, 0.29) is 24.6 Å². The minimum atomic E-state index is -0.784. The Morgan fingerprint density at radius 2 is 2.08 bits per heavy atom. The number of ether oxygens (including phenoxy) is 2. The maximum atomic E-state index is 11.0. The second kappa shape index (κ2) is 9.43. The lowest BCUT2D eigenvalue weighted by molar-refractivity contribution is -0.385. The van der Waals surface area contributed by atoms with Crippen LogP contribution in [-0.4, -0.2) is 36.4 Å². The maximum Gasteiger partial charge on any atom is 0.312 e. The van der Waals surface area contributed by atoms with E-state index in [1.165, 1.54) is 19.2 Å². The number of hydrogen-bond donors (Lipinski definition) is 2. The van der Waals surface area contributed by atoms with E-state index in [0.29, 0.717) is 17.9 Å². The quantitative estimate of drug-likeness (QED) is 0.385. The third kappa shape index (κ3) is 5.22. The van der Waals surface area contributed by atoms with Crippen LogP contribution >= 0.6 is 0 Å². The first-order valence-corrected chi connectivity index (χ1v) is 8.11. The van der Waals surface area contributed by atoms with Crippen LogP contribution in [0.25, 0.3) is 0 Å². The van der Waals surface area contributed by atoms with Crippen molar-refractivity contribution in [2.24, 2.45) is 0 Å². The summed E-state index contributed by atoms with van der Waals surface area (Å²) in [5, 5.41) is 24.1. The van der Waals surface area contributed by atoms with Crippen molar-refractivity contribution in [1.82, 2.24) is 0 Å². The van der Waals surface area contributed by atoms with Gasteiger partial charge in [-0.25, -0.2) is 0 Å². The van der Waals surface area contributed by atoms with E-state index in [4.69, 9.17) is 9.47 Å². The van der Waals surface area contributed by atoms with Crippen LogP contribution in [0.2, 0.25) is 0 Å².